The van der Waals surface area contributed by atoms with Crippen molar-refractivity contribution in [1.29, 1.82) is 0 Å². The van der Waals surface area contributed by atoms with Crippen LogP contribution in [0.1, 0.15) is 34.6 Å². The average Bonchev–Trinajstić information content (AvgIpc) is 3.81. The van der Waals surface area contributed by atoms with Gasteiger partial charge in [0.15, 0.2) is 0 Å². The van der Waals surface area contributed by atoms with Crippen molar-refractivity contribution in [2.45, 2.75) is 5.41 Å². The molecule has 0 aliphatic heterocycles. The van der Waals surface area contributed by atoms with Crippen LogP contribution in [-0.4, -0.2) is 0 Å². The van der Waals surface area contributed by atoms with E-state index in [1.165, 1.54) is 16.2 Å². The lowest BCUT2D eigenvalue weighted by Gasteiger charge is -2.35. The molecule has 1 aromatic heterocycles. The molecule has 1 heterocycles. The Labute approximate surface area is 315 Å². The van der Waals surface area contributed by atoms with Crippen molar-refractivity contribution in [2.24, 2.45) is 0 Å². The van der Waals surface area contributed by atoms with Crippen molar-refractivity contribution in [3.8, 4) is 22.3 Å². The Kier molecular flexibility index (Phi) is 5.12. The third-order valence-electron chi connectivity index (χ3n) is 9.92. The SMILES string of the molecule is [2H]c1c([2H])c([2H])c(N(c2ccc3c(c2)C(c2ccccc2)(c2ccccc2)c2ccccc2-3)c2c([2H])c([2H])c(-c3cccc4c3sc3ccccc34)c([2H])c2[2H])c([2H])c1[2H]. The zero-order valence-electron chi connectivity index (χ0n) is 36.2. The van der Waals surface area contributed by atoms with Gasteiger partial charge in [0.2, 0.25) is 0 Å². The van der Waals surface area contributed by atoms with Crippen molar-refractivity contribution in [2.75, 3.05) is 4.90 Å². The third kappa shape index (κ3) is 4.61. The van der Waals surface area contributed by atoms with E-state index < -0.39 is 47.7 Å². The molecule has 0 fully saturated rings. The van der Waals surface area contributed by atoms with Crippen molar-refractivity contribution < 1.29 is 12.3 Å². The monoisotopic (exact) mass is 676 g/mol. The number of hydrogen-bond acceptors (Lipinski definition) is 2. The lowest BCUT2D eigenvalue weighted by atomic mass is 9.67. The zero-order valence-corrected chi connectivity index (χ0v) is 28.0. The molecule has 0 unspecified atom stereocenters. The smallest absolute Gasteiger partial charge is 0.0714 e. The maximum absolute atomic E-state index is 9.68. The van der Waals surface area contributed by atoms with Gasteiger partial charge in [0.05, 0.1) is 17.8 Å². The Morgan fingerprint density at radius 1 is 0.451 bits per heavy atom. The van der Waals surface area contributed by atoms with Gasteiger partial charge in [-0.05, 0) is 86.9 Å². The highest BCUT2D eigenvalue weighted by Crippen LogP contribution is 2.57. The van der Waals surface area contributed by atoms with Gasteiger partial charge in [-0.3, -0.25) is 0 Å². The fraction of sp³-hybridized carbons (Fsp3) is 0.0204. The van der Waals surface area contributed by atoms with Crippen LogP contribution in [0, 0.1) is 0 Å². The molecule has 0 atom stereocenters. The van der Waals surface area contributed by atoms with Crippen molar-refractivity contribution in [1.82, 2.24) is 0 Å². The van der Waals surface area contributed by atoms with Crippen LogP contribution < -0.4 is 4.90 Å². The van der Waals surface area contributed by atoms with Crippen molar-refractivity contribution >= 4 is 48.6 Å². The highest BCUT2D eigenvalue weighted by Gasteiger charge is 2.46. The highest BCUT2D eigenvalue weighted by atomic mass is 32.1. The topological polar surface area (TPSA) is 3.24 Å². The molecule has 0 bridgehead atoms. The van der Waals surface area contributed by atoms with Gasteiger partial charge in [0.25, 0.3) is 0 Å². The van der Waals surface area contributed by atoms with E-state index in [-0.39, 0.29) is 29.0 Å². The van der Waals surface area contributed by atoms with Crippen LogP contribution in [0.2, 0.25) is 0 Å². The molecule has 1 aliphatic carbocycles. The van der Waals surface area contributed by atoms with Crippen molar-refractivity contribution in [3.05, 3.63) is 222 Å². The number of para-hydroxylation sites is 1. The first-order valence-corrected chi connectivity index (χ1v) is 17.6. The largest absolute Gasteiger partial charge is 0.310 e. The highest BCUT2D eigenvalue weighted by molar-refractivity contribution is 7.26. The Balaban J connectivity index is 1.29. The molecule has 1 nitrogen and oxygen atoms in total. The van der Waals surface area contributed by atoms with Gasteiger partial charge in [0.1, 0.15) is 0 Å². The number of hydrogen-bond donors (Lipinski definition) is 0. The first kappa shape index (κ1) is 21.8. The Morgan fingerprint density at radius 3 is 1.82 bits per heavy atom. The summed E-state index contributed by atoms with van der Waals surface area (Å²) in [5.74, 6) is 0. The van der Waals surface area contributed by atoms with E-state index in [1.54, 1.807) is 12.1 Å². The second-order valence-electron chi connectivity index (χ2n) is 12.6. The molecule has 10 rings (SSSR count). The molecule has 1 aliphatic rings. The van der Waals surface area contributed by atoms with Gasteiger partial charge in [-0.25, -0.2) is 0 Å². The minimum Gasteiger partial charge on any atom is -0.310 e. The van der Waals surface area contributed by atoms with E-state index in [4.69, 9.17) is 4.11 Å². The fourth-order valence-electron chi connectivity index (χ4n) is 7.79. The second kappa shape index (κ2) is 12.0. The van der Waals surface area contributed by atoms with Crippen LogP contribution in [0.25, 0.3) is 42.4 Å². The summed E-state index contributed by atoms with van der Waals surface area (Å²) in [6.45, 7) is 0. The molecule has 0 amide bonds. The molecule has 0 saturated carbocycles. The van der Waals surface area contributed by atoms with E-state index in [0.29, 0.717) is 11.3 Å². The standard InChI is InChI=1S/C49H33NS/c1-4-15-35(16-5-1)49(36-17-6-2-7-18-36)45-25-12-10-21-41(45)42-32-31-39(33-46(42)49)50(37-19-8-3-9-20-37)38-29-27-34(28-30-38)40-23-14-24-44-43-22-11-13-26-47(43)51-48(40)44/h1-33H/i3D,8D,9D,19D,20D,27D,28D,29D,30D. The van der Waals surface area contributed by atoms with Crippen LogP contribution in [-0.2, 0) is 5.41 Å². The number of rotatable bonds is 6. The summed E-state index contributed by atoms with van der Waals surface area (Å²) in [4.78, 5) is 1.33. The van der Waals surface area contributed by atoms with Gasteiger partial charge in [-0.15, -0.1) is 11.3 Å². The Morgan fingerprint density at radius 2 is 1.06 bits per heavy atom. The van der Waals surface area contributed by atoms with Crippen molar-refractivity contribution in [3.63, 3.8) is 0 Å². The number of anilines is 3. The maximum atomic E-state index is 9.68. The molecule has 9 aromatic rings. The maximum Gasteiger partial charge on any atom is 0.0714 e. The summed E-state index contributed by atoms with van der Waals surface area (Å²) in [7, 11) is 0. The molecule has 0 spiro atoms. The fourth-order valence-corrected chi connectivity index (χ4v) is 9.02. The number of fused-ring (bicyclic) bond motifs is 6. The predicted octanol–water partition coefficient (Wildman–Crippen LogP) is 13.6. The van der Waals surface area contributed by atoms with Crippen LogP contribution in [0.15, 0.2) is 200 Å². The van der Waals surface area contributed by atoms with Crippen LogP contribution in [0.3, 0.4) is 0 Å². The lowest BCUT2D eigenvalue weighted by Crippen LogP contribution is -2.28. The minimum atomic E-state index is -0.864. The van der Waals surface area contributed by atoms with Gasteiger partial charge < -0.3 is 4.90 Å². The molecule has 8 aromatic carbocycles. The predicted molar refractivity (Wildman–Crippen MR) is 217 cm³/mol. The number of nitrogens with zero attached hydrogens (tertiary/aromatic N) is 1. The summed E-state index contributed by atoms with van der Waals surface area (Å²) in [5, 5.41) is 1.97. The summed E-state index contributed by atoms with van der Waals surface area (Å²) in [5.41, 5.74) is 5.36. The molecule has 0 radical (unpaired) electrons. The summed E-state index contributed by atoms with van der Waals surface area (Å²) >= 11 is 1.52. The normalized spacial score (nSPS) is 15.3. The van der Waals surface area contributed by atoms with E-state index in [1.807, 2.05) is 97.1 Å². The lowest BCUT2D eigenvalue weighted by molar-refractivity contribution is 0.768. The van der Waals surface area contributed by atoms with E-state index in [9.17, 15) is 8.22 Å². The van der Waals surface area contributed by atoms with Gasteiger partial charge in [0, 0.05) is 37.2 Å². The Hall–Kier alpha value is -6.22. The summed E-state index contributed by atoms with van der Waals surface area (Å²) in [6.07, 6.45) is 0. The Bertz CT molecular complexity index is 3120. The average molecular weight is 677 g/mol. The van der Waals surface area contributed by atoms with Crippen LogP contribution >= 0.6 is 11.3 Å². The second-order valence-corrected chi connectivity index (χ2v) is 13.6. The first-order chi connectivity index (χ1) is 29.0. The molecule has 2 heteroatoms. The third-order valence-corrected chi connectivity index (χ3v) is 11.1. The molecule has 240 valence electrons. The molecular weight excluding hydrogens is 635 g/mol. The number of benzene rings is 8. The van der Waals surface area contributed by atoms with Crippen LogP contribution in [0.5, 0.6) is 0 Å². The molecule has 51 heavy (non-hydrogen) atoms. The molecular formula is C49H33NS. The number of thiophene rings is 1. The zero-order chi connectivity index (χ0) is 41.6. The summed E-state index contributed by atoms with van der Waals surface area (Å²) < 4.78 is 84.6. The quantitative estimate of drug-likeness (QED) is 0.169. The summed E-state index contributed by atoms with van der Waals surface area (Å²) in [6, 6.07) is 43.3. The molecule has 0 N–H and O–H groups in total. The van der Waals surface area contributed by atoms with Gasteiger partial charge >= 0.3 is 0 Å². The van der Waals surface area contributed by atoms with E-state index in [0.717, 1.165) is 53.6 Å². The van der Waals surface area contributed by atoms with Gasteiger partial charge in [-0.1, -0.05) is 158 Å². The minimum absolute atomic E-state index is 0.114. The molecule has 0 saturated heterocycles. The van der Waals surface area contributed by atoms with Gasteiger partial charge in [-0.2, -0.15) is 0 Å². The van der Waals surface area contributed by atoms with E-state index >= 15 is 0 Å². The van der Waals surface area contributed by atoms with E-state index in [2.05, 4.69) is 36.4 Å². The first-order valence-electron chi connectivity index (χ1n) is 21.3. The van der Waals surface area contributed by atoms with Crippen LogP contribution in [0.4, 0.5) is 17.1 Å².